The number of carbonyl (C=O) groups is 1. The molecule has 2 N–H and O–H groups in total. The van der Waals surface area contributed by atoms with Gasteiger partial charge < -0.3 is 25.0 Å². The molecule has 1 aliphatic rings. The minimum absolute atomic E-state index is 0. The Kier molecular flexibility index (Phi) is 13.8. The van der Waals surface area contributed by atoms with Crippen molar-refractivity contribution in [3.63, 3.8) is 0 Å². The Morgan fingerprint density at radius 2 is 1.86 bits per heavy atom. The molecule has 8 nitrogen and oxygen atoms in total. The third-order valence-electron chi connectivity index (χ3n) is 4.48. The number of hydrogen-bond donors (Lipinski definition) is 2. The smallest absolute Gasteiger partial charge is 0.410 e. The third kappa shape index (κ3) is 12.5. The topological polar surface area (TPSA) is 78.4 Å². The average Bonchev–Trinajstić information content (AvgIpc) is 2.62. The lowest BCUT2D eigenvalue weighted by atomic mass is 10.0. The number of rotatable bonds is 8. The summed E-state index contributed by atoms with van der Waals surface area (Å²) in [6.07, 6.45) is 0.812. The van der Waals surface area contributed by atoms with Crippen molar-refractivity contribution < 1.29 is 14.3 Å². The summed E-state index contributed by atoms with van der Waals surface area (Å²) in [5, 5.41) is 6.71. The van der Waals surface area contributed by atoms with Crippen LogP contribution in [0.3, 0.4) is 0 Å². The van der Waals surface area contributed by atoms with Crippen molar-refractivity contribution >= 4 is 36.0 Å². The predicted molar refractivity (Wildman–Crippen MR) is 129 cm³/mol. The quantitative estimate of drug-likeness (QED) is 0.287. The van der Waals surface area contributed by atoms with Crippen LogP contribution in [0, 0.1) is 5.92 Å². The van der Waals surface area contributed by atoms with Crippen LogP contribution < -0.4 is 10.6 Å². The number of likely N-dealkylation sites (N-methyl/N-ethyl adjacent to an activating group) is 1. The zero-order valence-corrected chi connectivity index (χ0v) is 21.6. The maximum Gasteiger partial charge on any atom is 0.410 e. The monoisotopic (exact) mass is 527 g/mol. The van der Waals surface area contributed by atoms with Gasteiger partial charge >= 0.3 is 6.09 Å². The summed E-state index contributed by atoms with van der Waals surface area (Å²) in [4.78, 5) is 20.4. The molecule has 1 atom stereocenters. The van der Waals surface area contributed by atoms with Crippen LogP contribution in [-0.2, 0) is 9.47 Å². The van der Waals surface area contributed by atoms with E-state index in [-0.39, 0.29) is 30.1 Å². The van der Waals surface area contributed by atoms with Gasteiger partial charge in [-0.1, -0.05) is 13.8 Å². The van der Waals surface area contributed by atoms with E-state index in [1.807, 2.05) is 20.8 Å². The lowest BCUT2D eigenvalue weighted by molar-refractivity contribution is 0.0132. The van der Waals surface area contributed by atoms with Crippen molar-refractivity contribution in [3.8, 4) is 0 Å². The number of nitrogens with zero attached hydrogens (tertiary/aromatic N) is 3. The maximum atomic E-state index is 12.0. The Morgan fingerprint density at radius 3 is 2.38 bits per heavy atom. The summed E-state index contributed by atoms with van der Waals surface area (Å²) in [5.74, 6) is 1.38. The van der Waals surface area contributed by atoms with Crippen LogP contribution in [0.4, 0.5) is 4.79 Å². The van der Waals surface area contributed by atoms with Gasteiger partial charge in [0, 0.05) is 52.9 Å². The van der Waals surface area contributed by atoms with E-state index in [0.717, 1.165) is 45.2 Å². The Morgan fingerprint density at radius 1 is 1.24 bits per heavy atom. The highest BCUT2D eigenvalue weighted by atomic mass is 127. The molecule has 9 heteroatoms. The zero-order chi connectivity index (χ0) is 21.2. The fraction of sp³-hybridized carbons (Fsp3) is 0.900. The highest BCUT2D eigenvalue weighted by Crippen LogP contribution is 2.13. The minimum atomic E-state index is -0.485. The summed E-state index contributed by atoms with van der Waals surface area (Å²) in [6.45, 7) is 15.6. The number of ether oxygens (including phenoxy) is 2. The first-order valence-corrected chi connectivity index (χ1v) is 10.3. The van der Waals surface area contributed by atoms with Gasteiger partial charge in [0.1, 0.15) is 5.60 Å². The molecule has 172 valence electrons. The first kappa shape index (κ1) is 28.2. The van der Waals surface area contributed by atoms with Gasteiger partial charge in [0.2, 0.25) is 0 Å². The summed E-state index contributed by atoms with van der Waals surface area (Å²) in [7, 11) is 3.50. The molecule has 1 rings (SSSR count). The van der Waals surface area contributed by atoms with Crippen LogP contribution in [0.15, 0.2) is 4.99 Å². The number of halogens is 1. The molecule has 0 aromatic rings. The molecule has 0 saturated carbocycles. The summed E-state index contributed by atoms with van der Waals surface area (Å²) < 4.78 is 10.9. The van der Waals surface area contributed by atoms with Crippen molar-refractivity contribution in [2.24, 2.45) is 10.9 Å². The highest BCUT2D eigenvalue weighted by molar-refractivity contribution is 14.0. The van der Waals surface area contributed by atoms with Crippen molar-refractivity contribution in [2.45, 2.75) is 52.7 Å². The maximum absolute atomic E-state index is 12.0. The van der Waals surface area contributed by atoms with Crippen molar-refractivity contribution in [1.29, 1.82) is 0 Å². The van der Waals surface area contributed by atoms with Crippen molar-refractivity contribution in [1.82, 2.24) is 20.4 Å². The number of hydrogen-bond acceptors (Lipinski definition) is 5. The van der Waals surface area contributed by atoms with E-state index >= 15 is 0 Å². The third-order valence-corrected chi connectivity index (χ3v) is 4.48. The molecule has 29 heavy (non-hydrogen) atoms. The summed E-state index contributed by atoms with van der Waals surface area (Å²) in [6, 6.07) is 0.451. The first-order chi connectivity index (χ1) is 13.1. The van der Waals surface area contributed by atoms with Crippen LogP contribution in [0.25, 0.3) is 0 Å². The van der Waals surface area contributed by atoms with Crippen LogP contribution in [0.1, 0.15) is 41.0 Å². The molecule has 0 bridgehead atoms. The van der Waals surface area contributed by atoms with Gasteiger partial charge in [-0.15, -0.1) is 24.0 Å². The van der Waals surface area contributed by atoms with Gasteiger partial charge in [0.25, 0.3) is 0 Å². The van der Waals surface area contributed by atoms with Gasteiger partial charge in [-0.25, -0.2) is 4.79 Å². The number of amides is 1. The SMILES string of the molecule is CN=C(NCCN(C)C(=O)OC(C)(C)C)NCC(CC(C)C)N1CCOCC1.I. The standard InChI is InChI=1S/C20H41N5O3.HI/c1-16(2)14-17(25-10-12-27-13-11-25)15-23-18(21-6)22-8-9-24(7)19(26)28-20(3,4)5;/h16-17H,8-15H2,1-7H3,(H2,21,22,23);1H. The van der Waals surface area contributed by atoms with E-state index in [1.54, 1.807) is 19.0 Å². The molecule has 1 unspecified atom stereocenters. The number of carbonyl (C=O) groups excluding carboxylic acids is 1. The average molecular weight is 527 g/mol. The number of guanidine groups is 1. The molecule has 1 fully saturated rings. The zero-order valence-electron chi connectivity index (χ0n) is 19.3. The second-order valence-electron chi connectivity index (χ2n) is 8.71. The number of morpholine rings is 1. The first-order valence-electron chi connectivity index (χ1n) is 10.3. The van der Waals surface area contributed by atoms with Gasteiger partial charge in [0.15, 0.2) is 5.96 Å². The van der Waals surface area contributed by atoms with Gasteiger partial charge in [-0.3, -0.25) is 9.89 Å². The van der Waals surface area contributed by atoms with Gasteiger partial charge in [-0.2, -0.15) is 0 Å². The largest absolute Gasteiger partial charge is 0.444 e. The molecule has 1 aliphatic heterocycles. The van der Waals surface area contributed by atoms with Crippen LogP contribution in [0.5, 0.6) is 0 Å². The van der Waals surface area contributed by atoms with Crippen LogP contribution in [0.2, 0.25) is 0 Å². The van der Waals surface area contributed by atoms with E-state index in [9.17, 15) is 4.79 Å². The lowest BCUT2D eigenvalue weighted by Gasteiger charge is -2.35. The molecular weight excluding hydrogens is 485 g/mol. The fourth-order valence-corrected chi connectivity index (χ4v) is 3.06. The molecule has 1 saturated heterocycles. The molecule has 0 aliphatic carbocycles. The van der Waals surface area contributed by atoms with Crippen molar-refractivity contribution in [2.75, 3.05) is 60.0 Å². The summed E-state index contributed by atoms with van der Waals surface area (Å²) in [5.41, 5.74) is -0.485. The molecular formula is C20H42IN5O3. The Balaban J connectivity index is 0.00000784. The van der Waals surface area contributed by atoms with E-state index < -0.39 is 5.60 Å². The molecule has 0 aromatic heterocycles. The van der Waals surface area contributed by atoms with Crippen molar-refractivity contribution in [3.05, 3.63) is 0 Å². The number of nitrogens with one attached hydrogen (secondary N) is 2. The van der Waals surface area contributed by atoms with E-state index in [2.05, 4.69) is 34.4 Å². The van der Waals surface area contributed by atoms with E-state index in [4.69, 9.17) is 9.47 Å². The lowest BCUT2D eigenvalue weighted by Crippen LogP contribution is -2.51. The second kappa shape index (κ2) is 14.2. The second-order valence-corrected chi connectivity index (χ2v) is 8.71. The minimum Gasteiger partial charge on any atom is -0.444 e. The molecule has 1 amide bonds. The summed E-state index contributed by atoms with van der Waals surface area (Å²) >= 11 is 0. The van der Waals surface area contributed by atoms with Gasteiger partial charge in [0.05, 0.1) is 13.2 Å². The predicted octanol–water partition coefficient (Wildman–Crippen LogP) is 2.38. The Bertz CT molecular complexity index is 491. The Labute approximate surface area is 194 Å². The molecule has 0 aromatic carbocycles. The highest BCUT2D eigenvalue weighted by Gasteiger charge is 2.22. The Hall–Kier alpha value is -0.810. The van der Waals surface area contributed by atoms with Gasteiger partial charge in [-0.05, 0) is 33.1 Å². The fourth-order valence-electron chi connectivity index (χ4n) is 3.06. The number of aliphatic imine (C=N–C) groups is 1. The van der Waals surface area contributed by atoms with Crippen LogP contribution >= 0.6 is 24.0 Å². The van der Waals surface area contributed by atoms with E-state index in [0.29, 0.717) is 25.0 Å². The van der Waals surface area contributed by atoms with E-state index in [1.165, 1.54) is 0 Å². The normalized spacial score (nSPS) is 16.8. The molecule has 0 radical (unpaired) electrons. The molecule has 0 spiro atoms. The van der Waals surface area contributed by atoms with Crippen LogP contribution in [-0.4, -0.2) is 93.5 Å². The molecule has 1 heterocycles.